The van der Waals surface area contributed by atoms with E-state index in [1.54, 1.807) is 24.3 Å². The second-order valence-corrected chi connectivity index (χ2v) is 8.17. The lowest BCUT2D eigenvalue weighted by atomic mass is 10.1. The number of hydrogen-bond acceptors (Lipinski definition) is 5. The molecule has 2 aromatic carbocycles. The number of esters is 1. The van der Waals surface area contributed by atoms with Gasteiger partial charge in [0.25, 0.3) is 0 Å². The minimum absolute atomic E-state index is 0.349. The van der Waals surface area contributed by atoms with Crippen LogP contribution < -0.4 is 9.62 Å². The van der Waals surface area contributed by atoms with Gasteiger partial charge in [-0.15, -0.1) is 0 Å². The third-order valence-electron chi connectivity index (χ3n) is 4.26. The van der Waals surface area contributed by atoms with E-state index in [1.807, 2.05) is 19.1 Å². The number of ether oxygens (including phenoxy) is 1. The maximum Gasteiger partial charge on any atom is 0.337 e. The quantitative estimate of drug-likeness (QED) is 0.717. The summed E-state index contributed by atoms with van der Waals surface area (Å²) in [5.41, 5.74) is 2.28. The highest BCUT2D eigenvalue weighted by Crippen LogP contribution is 2.22. The van der Waals surface area contributed by atoms with E-state index in [9.17, 15) is 18.0 Å². The first-order valence-corrected chi connectivity index (χ1v) is 10.6. The van der Waals surface area contributed by atoms with Crippen LogP contribution in [-0.4, -0.2) is 39.7 Å². The highest BCUT2D eigenvalue weighted by Gasteiger charge is 2.29. The molecule has 2 rings (SSSR count). The normalized spacial score (nSPS) is 12.1. The molecule has 0 heterocycles. The van der Waals surface area contributed by atoms with Gasteiger partial charge in [0.2, 0.25) is 15.9 Å². The molecular formula is C20H24N2O5S. The Labute approximate surface area is 165 Å². The SMILES string of the molecule is CCc1ccc(N(C(C)C(=O)Nc2ccc(C(=O)OC)cc2)S(C)(=O)=O)cc1. The molecule has 0 aliphatic carbocycles. The summed E-state index contributed by atoms with van der Waals surface area (Å²) in [6.07, 6.45) is 1.90. The molecule has 0 bridgehead atoms. The smallest absolute Gasteiger partial charge is 0.337 e. The molecular weight excluding hydrogens is 380 g/mol. The lowest BCUT2D eigenvalue weighted by Gasteiger charge is -2.28. The van der Waals surface area contributed by atoms with Crippen molar-refractivity contribution in [1.29, 1.82) is 0 Å². The third kappa shape index (κ3) is 5.10. The molecule has 1 N–H and O–H groups in total. The number of methoxy groups -OCH3 is 1. The molecule has 0 saturated carbocycles. The Morgan fingerprint density at radius 3 is 2.11 bits per heavy atom. The minimum Gasteiger partial charge on any atom is -0.465 e. The van der Waals surface area contributed by atoms with Gasteiger partial charge in [0.05, 0.1) is 24.6 Å². The molecule has 1 atom stereocenters. The van der Waals surface area contributed by atoms with E-state index in [0.29, 0.717) is 16.9 Å². The largest absolute Gasteiger partial charge is 0.465 e. The van der Waals surface area contributed by atoms with Crippen molar-refractivity contribution in [2.24, 2.45) is 0 Å². The van der Waals surface area contributed by atoms with Crippen molar-refractivity contribution in [3.05, 3.63) is 59.7 Å². The minimum atomic E-state index is -3.68. The van der Waals surface area contributed by atoms with E-state index in [-0.39, 0.29) is 0 Å². The van der Waals surface area contributed by atoms with Crippen LogP contribution in [-0.2, 0) is 26.0 Å². The van der Waals surface area contributed by atoms with Crippen LogP contribution in [0.15, 0.2) is 48.5 Å². The summed E-state index contributed by atoms with van der Waals surface area (Å²) in [5, 5.41) is 2.67. The third-order valence-corrected chi connectivity index (χ3v) is 5.50. The maximum atomic E-state index is 12.7. The van der Waals surface area contributed by atoms with Crippen LogP contribution in [0.5, 0.6) is 0 Å². The van der Waals surface area contributed by atoms with Gasteiger partial charge in [-0.25, -0.2) is 13.2 Å². The predicted molar refractivity (Wildman–Crippen MR) is 109 cm³/mol. The maximum absolute atomic E-state index is 12.7. The number of anilines is 2. The van der Waals surface area contributed by atoms with Gasteiger partial charge in [0.1, 0.15) is 6.04 Å². The molecule has 0 radical (unpaired) electrons. The number of hydrogen-bond donors (Lipinski definition) is 1. The molecule has 28 heavy (non-hydrogen) atoms. The van der Waals surface area contributed by atoms with Crippen molar-refractivity contribution in [2.75, 3.05) is 23.0 Å². The Kier molecular flexibility index (Phi) is 6.80. The van der Waals surface area contributed by atoms with Gasteiger partial charge < -0.3 is 10.1 Å². The summed E-state index contributed by atoms with van der Waals surface area (Å²) in [6.45, 7) is 3.53. The van der Waals surface area contributed by atoms with Crippen LogP contribution >= 0.6 is 0 Å². The molecule has 150 valence electrons. The summed E-state index contributed by atoms with van der Waals surface area (Å²) in [6, 6.07) is 12.2. The molecule has 7 nitrogen and oxygen atoms in total. The van der Waals surface area contributed by atoms with E-state index >= 15 is 0 Å². The van der Waals surface area contributed by atoms with Crippen molar-refractivity contribution in [2.45, 2.75) is 26.3 Å². The van der Waals surface area contributed by atoms with Gasteiger partial charge >= 0.3 is 5.97 Å². The summed E-state index contributed by atoms with van der Waals surface area (Å²) < 4.78 is 30.4. The zero-order valence-corrected chi connectivity index (χ0v) is 17.1. The molecule has 8 heteroatoms. The summed E-state index contributed by atoms with van der Waals surface area (Å²) in [7, 11) is -2.40. The van der Waals surface area contributed by atoms with Gasteiger partial charge in [-0.2, -0.15) is 0 Å². The number of nitrogens with one attached hydrogen (secondary N) is 1. The molecule has 0 spiro atoms. The van der Waals surface area contributed by atoms with Crippen molar-refractivity contribution in [3.8, 4) is 0 Å². The van der Waals surface area contributed by atoms with Crippen LogP contribution in [0.25, 0.3) is 0 Å². The fourth-order valence-corrected chi connectivity index (χ4v) is 3.92. The van der Waals surface area contributed by atoms with Gasteiger partial charge in [-0.1, -0.05) is 19.1 Å². The zero-order chi connectivity index (χ0) is 20.9. The first kappa shape index (κ1) is 21.4. The van der Waals surface area contributed by atoms with Gasteiger partial charge in [-0.3, -0.25) is 9.10 Å². The first-order valence-electron chi connectivity index (χ1n) is 8.75. The molecule has 0 aliphatic rings. The molecule has 0 aromatic heterocycles. The number of amides is 1. The van der Waals surface area contributed by atoms with Gasteiger partial charge in [0.15, 0.2) is 0 Å². The lowest BCUT2D eigenvalue weighted by molar-refractivity contribution is -0.116. The number of rotatable bonds is 7. The van der Waals surface area contributed by atoms with Crippen LogP contribution in [0.4, 0.5) is 11.4 Å². The molecule has 1 amide bonds. The number of nitrogens with zero attached hydrogens (tertiary/aromatic N) is 1. The number of sulfonamides is 1. The topological polar surface area (TPSA) is 92.8 Å². The Bertz CT molecular complexity index is 938. The van der Waals surface area contributed by atoms with E-state index < -0.39 is 27.9 Å². The fourth-order valence-electron chi connectivity index (χ4n) is 2.74. The molecule has 1 unspecified atom stereocenters. The number of carbonyl (C=O) groups is 2. The monoisotopic (exact) mass is 404 g/mol. The van der Waals surface area contributed by atoms with Crippen molar-refractivity contribution in [1.82, 2.24) is 0 Å². The number of carbonyl (C=O) groups excluding carboxylic acids is 2. The Balaban J connectivity index is 2.22. The standard InChI is InChI=1S/C20H24N2O5S/c1-5-15-6-12-18(13-7-15)22(28(4,25)26)14(2)19(23)21-17-10-8-16(9-11-17)20(24)27-3/h6-14H,5H2,1-4H3,(H,21,23). The van der Waals surface area contributed by atoms with Gasteiger partial charge in [-0.05, 0) is 55.3 Å². The average molecular weight is 404 g/mol. The molecule has 0 aliphatic heterocycles. The zero-order valence-electron chi connectivity index (χ0n) is 16.3. The second kappa shape index (κ2) is 8.88. The Morgan fingerprint density at radius 2 is 1.64 bits per heavy atom. The average Bonchev–Trinajstić information content (AvgIpc) is 2.67. The van der Waals surface area contributed by atoms with Crippen molar-refractivity contribution in [3.63, 3.8) is 0 Å². The Morgan fingerprint density at radius 1 is 1.07 bits per heavy atom. The Hall–Kier alpha value is -2.87. The molecule has 0 fully saturated rings. The van der Waals surface area contributed by atoms with E-state index in [1.165, 1.54) is 26.2 Å². The number of benzene rings is 2. The summed E-state index contributed by atoms with van der Waals surface area (Å²) in [4.78, 5) is 24.1. The lowest BCUT2D eigenvalue weighted by Crippen LogP contribution is -2.45. The summed E-state index contributed by atoms with van der Waals surface area (Å²) >= 11 is 0. The van der Waals surface area contributed by atoms with Crippen molar-refractivity contribution >= 4 is 33.3 Å². The van der Waals surface area contributed by atoms with Crippen LogP contribution in [0.1, 0.15) is 29.8 Å². The highest BCUT2D eigenvalue weighted by molar-refractivity contribution is 7.92. The second-order valence-electron chi connectivity index (χ2n) is 6.31. The molecule has 2 aromatic rings. The van der Waals surface area contributed by atoms with E-state index in [2.05, 4.69) is 10.1 Å². The molecule has 0 saturated heterocycles. The van der Waals surface area contributed by atoms with Crippen LogP contribution in [0.2, 0.25) is 0 Å². The number of aryl methyl sites for hydroxylation is 1. The van der Waals surface area contributed by atoms with Crippen LogP contribution in [0.3, 0.4) is 0 Å². The van der Waals surface area contributed by atoms with Crippen molar-refractivity contribution < 1.29 is 22.7 Å². The predicted octanol–water partition coefficient (Wildman–Crippen LogP) is 2.83. The van der Waals surface area contributed by atoms with E-state index in [4.69, 9.17) is 0 Å². The summed E-state index contributed by atoms with van der Waals surface area (Å²) in [5.74, 6) is -0.971. The first-order chi connectivity index (χ1) is 13.2. The van der Waals surface area contributed by atoms with Crippen LogP contribution in [0, 0.1) is 0 Å². The van der Waals surface area contributed by atoms with E-state index in [0.717, 1.165) is 22.5 Å². The fraction of sp³-hybridized carbons (Fsp3) is 0.300. The van der Waals surface area contributed by atoms with Gasteiger partial charge in [0, 0.05) is 5.69 Å². The highest BCUT2D eigenvalue weighted by atomic mass is 32.2.